The largest absolute Gasteiger partial charge is 0.384 e. The van der Waals surface area contributed by atoms with Crippen LogP contribution in [0.3, 0.4) is 0 Å². The summed E-state index contributed by atoms with van der Waals surface area (Å²) in [5, 5.41) is 7.65. The van der Waals surface area contributed by atoms with Gasteiger partial charge in [0.05, 0.1) is 17.4 Å². The molecule has 0 aliphatic carbocycles. The molecule has 2 aromatic heterocycles. The van der Waals surface area contributed by atoms with Crippen LogP contribution in [0.1, 0.15) is 20.2 Å². The molecule has 0 bridgehead atoms. The summed E-state index contributed by atoms with van der Waals surface area (Å²) in [5.74, 6) is 0.421. The molecule has 2 heterocycles. The molecule has 1 amide bonds. The van der Waals surface area contributed by atoms with Crippen molar-refractivity contribution in [2.45, 2.75) is 13.5 Å². The maximum absolute atomic E-state index is 11.7. The first kappa shape index (κ1) is 11.6. The summed E-state index contributed by atoms with van der Waals surface area (Å²) >= 11 is 1.37. The molecular formula is C10H13N5OS. The molecular weight excluding hydrogens is 238 g/mol. The highest BCUT2D eigenvalue weighted by Gasteiger charge is 2.10. The van der Waals surface area contributed by atoms with Crippen molar-refractivity contribution < 1.29 is 4.79 Å². The lowest BCUT2D eigenvalue weighted by atomic mass is 10.3. The number of amides is 1. The van der Waals surface area contributed by atoms with Crippen LogP contribution in [0.4, 0.5) is 5.82 Å². The number of thiazole rings is 1. The molecule has 6 nitrogen and oxygen atoms in total. The SMILES string of the molecule is Cc1ncc(C(=O)NCc2cnn(C)c2N)s1. The van der Waals surface area contributed by atoms with Gasteiger partial charge < -0.3 is 11.1 Å². The number of aromatic nitrogens is 3. The van der Waals surface area contributed by atoms with Crippen molar-refractivity contribution in [1.29, 1.82) is 0 Å². The summed E-state index contributed by atoms with van der Waals surface area (Å²) in [6.07, 6.45) is 3.22. The monoisotopic (exact) mass is 251 g/mol. The summed E-state index contributed by atoms with van der Waals surface area (Å²) in [6, 6.07) is 0. The van der Waals surface area contributed by atoms with Crippen LogP contribution in [0.5, 0.6) is 0 Å². The number of rotatable bonds is 3. The first-order chi connectivity index (χ1) is 8.08. The van der Waals surface area contributed by atoms with Gasteiger partial charge in [-0.1, -0.05) is 0 Å². The van der Waals surface area contributed by atoms with E-state index in [0.29, 0.717) is 17.2 Å². The third kappa shape index (κ3) is 2.44. The zero-order valence-electron chi connectivity index (χ0n) is 9.60. The van der Waals surface area contributed by atoms with E-state index in [0.717, 1.165) is 10.6 Å². The second-order valence-electron chi connectivity index (χ2n) is 3.60. The molecule has 0 unspecified atom stereocenters. The first-order valence-electron chi connectivity index (χ1n) is 5.05. The molecule has 2 rings (SSSR count). The quantitative estimate of drug-likeness (QED) is 0.840. The van der Waals surface area contributed by atoms with E-state index in [1.54, 1.807) is 24.1 Å². The standard InChI is InChI=1S/C10H13N5OS/c1-6-12-5-8(17-6)10(16)13-3-7-4-14-15(2)9(7)11/h4-5H,3,11H2,1-2H3,(H,13,16). The van der Waals surface area contributed by atoms with Crippen molar-refractivity contribution in [2.24, 2.45) is 7.05 Å². The highest BCUT2D eigenvalue weighted by atomic mass is 32.1. The second-order valence-corrected chi connectivity index (χ2v) is 4.84. The van der Waals surface area contributed by atoms with Gasteiger partial charge in [-0.05, 0) is 6.92 Å². The number of nitrogen functional groups attached to an aromatic ring is 1. The first-order valence-corrected chi connectivity index (χ1v) is 5.86. The number of nitrogens with zero attached hydrogens (tertiary/aromatic N) is 3. The minimum Gasteiger partial charge on any atom is -0.384 e. The average Bonchev–Trinajstić information content (AvgIpc) is 2.86. The van der Waals surface area contributed by atoms with Gasteiger partial charge in [0.25, 0.3) is 5.91 Å². The Morgan fingerprint density at radius 1 is 1.59 bits per heavy atom. The van der Waals surface area contributed by atoms with E-state index in [1.165, 1.54) is 11.3 Å². The molecule has 0 aromatic carbocycles. The third-order valence-electron chi connectivity index (χ3n) is 2.35. The van der Waals surface area contributed by atoms with Gasteiger partial charge in [-0.15, -0.1) is 11.3 Å². The smallest absolute Gasteiger partial charge is 0.263 e. The van der Waals surface area contributed by atoms with Crippen LogP contribution < -0.4 is 11.1 Å². The lowest BCUT2D eigenvalue weighted by Crippen LogP contribution is -2.22. The molecule has 17 heavy (non-hydrogen) atoms. The zero-order valence-corrected chi connectivity index (χ0v) is 10.4. The molecule has 7 heteroatoms. The van der Waals surface area contributed by atoms with E-state index in [1.807, 2.05) is 6.92 Å². The van der Waals surface area contributed by atoms with Gasteiger partial charge in [0.1, 0.15) is 10.7 Å². The van der Waals surface area contributed by atoms with E-state index >= 15 is 0 Å². The Bertz CT molecular complexity index is 545. The Morgan fingerprint density at radius 3 is 2.88 bits per heavy atom. The molecule has 0 spiro atoms. The number of hydrogen-bond acceptors (Lipinski definition) is 5. The van der Waals surface area contributed by atoms with E-state index in [9.17, 15) is 4.79 Å². The van der Waals surface area contributed by atoms with E-state index in [4.69, 9.17) is 5.73 Å². The van der Waals surface area contributed by atoms with Crippen LogP contribution in [0, 0.1) is 6.92 Å². The normalized spacial score (nSPS) is 10.5. The Morgan fingerprint density at radius 2 is 2.35 bits per heavy atom. The van der Waals surface area contributed by atoms with Crippen molar-refractivity contribution in [2.75, 3.05) is 5.73 Å². The lowest BCUT2D eigenvalue weighted by molar-refractivity contribution is 0.0955. The molecule has 0 saturated heterocycles. The second kappa shape index (κ2) is 4.54. The van der Waals surface area contributed by atoms with Crippen molar-refractivity contribution in [3.05, 3.63) is 27.8 Å². The summed E-state index contributed by atoms with van der Waals surface area (Å²) in [6.45, 7) is 2.23. The Labute approximate surface area is 102 Å². The van der Waals surface area contributed by atoms with E-state index in [2.05, 4.69) is 15.4 Å². The van der Waals surface area contributed by atoms with Crippen LogP contribution >= 0.6 is 11.3 Å². The molecule has 3 N–H and O–H groups in total. The Balaban J connectivity index is 1.99. The average molecular weight is 251 g/mol. The fraction of sp³-hybridized carbons (Fsp3) is 0.300. The zero-order chi connectivity index (χ0) is 12.4. The fourth-order valence-corrected chi connectivity index (χ4v) is 2.05. The van der Waals surface area contributed by atoms with E-state index < -0.39 is 0 Å². The summed E-state index contributed by atoms with van der Waals surface area (Å²) in [5.41, 5.74) is 6.58. The predicted octanol–water partition coefficient (Wildman–Crippen LogP) is 0.697. The van der Waals surface area contributed by atoms with Crippen LogP contribution in [0.2, 0.25) is 0 Å². The predicted molar refractivity (Wildman–Crippen MR) is 65.6 cm³/mol. The van der Waals surface area contributed by atoms with E-state index in [-0.39, 0.29) is 5.91 Å². The minimum atomic E-state index is -0.140. The van der Waals surface area contributed by atoms with Gasteiger partial charge in [0.15, 0.2) is 0 Å². The summed E-state index contributed by atoms with van der Waals surface area (Å²) < 4.78 is 1.57. The highest BCUT2D eigenvalue weighted by molar-refractivity contribution is 7.13. The maximum Gasteiger partial charge on any atom is 0.263 e. The maximum atomic E-state index is 11.7. The molecule has 0 atom stereocenters. The molecule has 0 radical (unpaired) electrons. The van der Waals surface area contributed by atoms with Crippen LogP contribution in [-0.4, -0.2) is 20.7 Å². The van der Waals surface area contributed by atoms with Gasteiger partial charge in [-0.2, -0.15) is 5.10 Å². The topological polar surface area (TPSA) is 85.8 Å². The molecule has 0 saturated carbocycles. The van der Waals surface area contributed by atoms with Crippen molar-refractivity contribution in [1.82, 2.24) is 20.1 Å². The molecule has 0 aliphatic heterocycles. The molecule has 0 fully saturated rings. The third-order valence-corrected chi connectivity index (χ3v) is 3.26. The van der Waals surface area contributed by atoms with Gasteiger partial charge in [0.2, 0.25) is 0 Å². The van der Waals surface area contributed by atoms with Crippen molar-refractivity contribution in [3.63, 3.8) is 0 Å². The van der Waals surface area contributed by atoms with Crippen LogP contribution in [0.25, 0.3) is 0 Å². The number of nitrogens with one attached hydrogen (secondary N) is 1. The number of carbonyl (C=O) groups excluding carboxylic acids is 1. The number of hydrogen-bond donors (Lipinski definition) is 2. The lowest BCUT2D eigenvalue weighted by Gasteiger charge is -2.02. The van der Waals surface area contributed by atoms with Gasteiger partial charge in [-0.3, -0.25) is 9.48 Å². The summed E-state index contributed by atoms with van der Waals surface area (Å²) in [4.78, 5) is 16.4. The van der Waals surface area contributed by atoms with Crippen LogP contribution in [0.15, 0.2) is 12.4 Å². The number of aryl methyl sites for hydroxylation is 2. The van der Waals surface area contributed by atoms with Crippen molar-refractivity contribution >= 4 is 23.1 Å². The molecule has 90 valence electrons. The molecule has 0 aliphatic rings. The Hall–Kier alpha value is -1.89. The van der Waals surface area contributed by atoms with Gasteiger partial charge in [-0.25, -0.2) is 4.98 Å². The highest BCUT2D eigenvalue weighted by Crippen LogP contribution is 2.12. The van der Waals surface area contributed by atoms with Gasteiger partial charge in [0, 0.05) is 19.2 Å². The van der Waals surface area contributed by atoms with Crippen molar-refractivity contribution in [3.8, 4) is 0 Å². The fourth-order valence-electron chi connectivity index (χ4n) is 1.36. The van der Waals surface area contributed by atoms with Crippen LogP contribution in [-0.2, 0) is 13.6 Å². The summed E-state index contributed by atoms with van der Waals surface area (Å²) in [7, 11) is 1.76. The number of carbonyl (C=O) groups is 1. The number of nitrogens with two attached hydrogens (primary N) is 1. The molecule has 2 aromatic rings. The van der Waals surface area contributed by atoms with Gasteiger partial charge >= 0.3 is 0 Å². The Kier molecular flexibility index (Phi) is 3.10. The number of anilines is 1. The minimum absolute atomic E-state index is 0.140.